The Morgan fingerprint density at radius 2 is 1.16 bits per heavy atom. The highest BCUT2D eigenvalue weighted by Gasteiger charge is 2.13. The lowest BCUT2D eigenvalue weighted by Gasteiger charge is -2.20. The van der Waals surface area contributed by atoms with Gasteiger partial charge in [-0.3, -0.25) is 0 Å². The summed E-state index contributed by atoms with van der Waals surface area (Å²) in [5.74, 6) is 2.87. The maximum absolute atomic E-state index is 6.15. The summed E-state index contributed by atoms with van der Waals surface area (Å²) in [6.07, 6.45) is 5.73. The SMILES string of the molecule is CCCCCCC1COc2ccccc2OCCOCCOc2ccccc2OCCO1. The second-order valence-electron chi connectivity index (χ2n) is 7.70. The monoisotopic (exact) mass is 444 g/mol. The lowest BCUT2D eigenvalue weighted by atomic mass is 10.1. The summed E-state index contributed by atoms with van der Waals surface area (Å²) >= 11 is 0. The third-order valence-electron chi connectivity index (χ3n) is 5.17. The molecule has 2 aromatic carbocycles. The molecule has 0 amide bonds. The summed E-state index contributed by atoms with van der Waals surface area (Å²) in [5.41, 5.74) is 0. The molecule has 32 heavy (non-hydrogen) atoms. The first kappa shape index (κ1) is 24.2. The average Bonchev–Trinajstić information content (AvgIpc) is 2.82. The van der Waals surface area contributed by atoms with Crippen LogP contribution in [-0.2, 0) is 9.47 Å². The second-order valence-corrected chi connectivity index (χ2v) is 7.70. The molecule has 0 spiro atoms. The number of hydrogen-bond acceptors (Lipinski definition) is 6. The zero-order chi connectivity index (χ0) is 22.3. The molecule has 0 fully saturated rings. The molecule has 1 aliphatic rings. The molecule has 6 nitrogen and oxygen atoms in total. The van der Waals surface area contributed by atoms with Crippen molar-refractivity contribution < 1.29 is 28.4 Å². The largest absolute Gasteiger partial charge is 0.487 e. The van der Waals surface area contributed by atoms with Gasteiger partial charge in [-0.1, -0.05) is 56.9 Å². The van der Waals surface area contributed by atoms with Crippen molar-refractivity contribution in [3.05, 3.63) is 48.5 Å². The van der Waals surface area contributed by atoms with Crippen LogP contribution in [0.3, 0.4) is 0 Å². The van der Waals surface area contributed by atoms with Gasteiger partial charge >= 0.3 is 0 Å². The molecule has 0 saturated heterocycles. The highest BCUT2D eigenvalue weighted by atomic mass is 16.6. The van der Waals surface area contributed by atoms with Crippen LogP contribution in [0.1, 0.15) is 39.0 Å². The minimum atomic E-state index is -0.00257. The molecule has 2 aromatic rings. The standard InChI is InChI=1S/C26H36O6/c1-2-3-4-5-10-22-21-32-26-14-9-8-13-25(26)30-18-16-27-15-17-29-23-11-6-7-12-24(23)31-20-19-28-22/h6-9,11-14,22H,2-5,10,15-21H2,1H3. The van der Waals surface area contributed by atoms with E-state index in [2.05, 4.69) is 6.92 Å². The van der Waals surface area contributed by atoms with Gasteiger partial charge in [-0.05, 0) is 30.7 Å². The number of ether oxygens (including phenoxy) is 6. The summed E-state index contributed by atoms with van der Waals surface area (Å²) in [6.45, 7) is 5.45. The van der Waals surface area contributed by atoms with E-state index in [-0.39, 0.29) is 6.10 Å². The van der Waals surface area contributed by atoms with Crippen LogP contribution in [0.25, 0.3) is 0 Å². The summed E-state index contributed by atoms with van der Waals surface area (Å²) in [4.78, 5) is 0. The van der Waals surface area contributed by atoms with Gasteiger partial charge in [0.05, 0.1) is 25.9 Å². The molecule has 1 heterocycles. The fourth-order valence-corrected chi connectivity index (χ4v) is 3.46. The zero-order valence-corrected chi connectivity index (χ0v) is 19.1. The van der Waals surface area contributed by atoms with Gasteiger partial charge in [0.15, 0.2) is 23.0 Å². The van der Waals surface area contributed by atoms with Gasteiger partial charge in [0.2, 0.25) is 0 Å². The molecule has 1 atom stereocenters. The van der Waals surface area contributed by atoms with Crippen LogP contribution in [0, 0.1) is 0 Å². The predicted octanol–water partition coefficient (Wildman–Crippen LogP) is 5.29. The van der Waals surface area contributed by atoms with E-state index < -0.39 is 0 Å². The zero-order valence-electron chi connectivity index (χ0n) is 19.1. The maximum atomic E-state index is 6.15. The van der Waals surface area contributed by atoms with E-state index in [1.165, 1.54) is 19.3 Å². The van der Waals surface area contributed by atoms with E-state index in [9.17, 15) is 0 Å². The highest BCUT2D eigenvalue weighted by Crippen LogP contribution is 2.28. The van der Waals surface area contributed by atoms with E-state index in [1.807, 2.05) is 48.5 Å². The smallest absolute Gasteiger partial charge is 0.161 e. The van der Waals surface area contributed by atoms with Gasteiger partial charge in [0, 0.05) is 0 Å². The molecule has 0 N–H and O–H groups in total. The third kappa shape index (κ3) is 8.60. The minimum Gasteiger partial charge on any atom is -0.487 e. The summed E-state index contributed by atoms with van der Waals surface area (Å²) < 4.78 is 35.5. The highest BCUT2D eigenvalue weighted by molar-refractivity contribution is 5.40. The Hall–Kier alpha value is -2.44. The third-order valence-corrected chi connectivity index (χ3v) is 5.17. The lowest BCUT2D eigenvalue weighted by molar-refractivity contribution is -0.000822. The Morgan fingerprint density at radius 3 is 1.72 bits per heavy atom. The van der Waals surface area contributed by atoms with Crippen LogP contribution in [0.5, 0.6) is 23.0 Å². The molecule has 0 radical (unpaired) electrons. The maximum Gasteiger partial charge on any atom is 0.161 e. The number of fused-ring (bicyclic) bond motifs is 2. The first-order valence-electron chi connectivity index (χ1n) is 11.8. The van der Waals surface area contributed by atoms with Crippen molar-refractivity contribution >= 4 is 0 Å². The first-order valence-corrected chi connectivity index (χ1v) is 11.8. The quantitative estimate of drug-likeness (QED) is 0.584. The molecule has 1 unspecified atom stereocenters. The Kier molecular flexibility index (Phi) is 11.0. The van der Waals surface area contributed by atoms with Gasteiger partial charge in [-0.15, -0.1) is 0 Å². The molecule has 0 bridgehead atoms. The molecule has 1 aliphatic heterocycles. The number of benzene rings is 2. The Morgan fingerprint density at radius 1 is 0.625 bits per heavy atom. The van der Waals surface area contributed by atoms with E-state index in [0.29, 0.717) is 57.7 Å². The van der Waals surface area contributed by atoms with Gasteiger partial charge in [-0.2, -0.15) is 0 Å². The minimum absolute atomic E-state index is 0.00257. The normalized spacial score (nSPS) is 18.3. The predicted molar refractivity (Wildman–Crippen MR) is 124 cm³/mol. The molecule has 0 aliphatic carbocycles. The first-order chi connectivity index (χ1) is 15.9. The molecule has 3 rings (SSSR count). The van der Waals surface area contributed by atoms with Gasteiger partial charge in [-0.25, -0.2) is 0 Å². The van der Waals surface area contributed by atoms with E-state index in [1.54, 1.807) is 0 Å². The van der Waals surface area contributed by atoms with E-state index >= 15 is 0 Å². The summed E-state index contributed by atoms with van der Waals surface area (Å²) in [6, 6.07) is 15.4. The van der Waals surface area contributed by atoms with Crippen LogP contribution < -0.4 is 18.9 Å². The second kappa shape index (κ2) is 14.6. The van der Waals surface area contributed by atoms with E-state index in [0.717, 1.165) is 24.3 Å². The van der Waals surface area contributed by atoms with Crippen LogP contribution in [0.2, 0.25) is 0 Å². The van der Waals surface area contributed by atoms with Crippen molar-refractivity contribution in [2.24, 2.45) is 0 Å². The number of rotatable bonds is 5. The molecule has 6 heteroatoms. The molecular weight excluding hydrogens is 408 g/mol. The number of unbranched alkanes of at least 4 members (excludes halogenated alkanes) is 3. The van der Waals surface area contributed by atoms with Crippen LogP contribution >= 0.6 is 0 Å². The van der Waals surface area contributed by atoms with Crippen LogP contribution in [0.15, 0.2) is 48.5 Å². The fraction of sp³-hybridized carbons (Fsp3) is 0.538. The summed E-state index contributed by atoms with van der Waals surface area (Å²) in [7, 11) is 0. The molecule has 0 aromatic heterocycles. The number of hydrogen-bond donors (Lipinski definition) is 0. The van der Waals surface area contributed by atoms with Crippen molar-refractivity contribution in [2.75, 3.05) is 46.2 Å². The van der Waals surface area contributed by atoms with Crippen LogP contribution in [0.4, 0.5) is 0 Å². The molecule has 176 valence electrons. The van der Waals surface area contributed by atoms with Gasteiger partial charge < -0.3 is 28.4 Å². The number of para-hydroxylation sites is 4. The van der Waals surface area contributed by atoms with Crippen molar-refractivity contribution in [3.63, 3.8) is 0 Å². The summed E-state index contributed by atoms with van der Waals surface area (Å²) in [5, 5.41) is 0. The Balaban J connectivity index is 1.63. The van der Waals surface area contributed by atoms with Crippen LogP contribution in [-0.4, -0.2) is 52.4 Å². The van der Waals surface area contributed by atoms with Crippen molar-refractivity contribution in [3.8, 4) is 23.0 Å². The Bertz CT molecular complexity index is 765. The average molecular weight is 445 g/mol. The van der Waals surface area contributed by atoms with Crippen molar-refractivity contribution in [2.45, 2.75) is 45.1 Å². The molecule has 0 saturated carbocycles. The van der Waals surface area contributed by atoms with Gasteiger partial charge in [0.25, 0.3) is 0 Å². The van der Waals surface area contributed by atoms with E-state index in [4.69, 9.17) is 28.4 Å². The fourth-order valence-electron chi connectivity index (χ4n) is 3.46. The van der Waals surface area contributed by atoms with Crippen molar-refractivity contribution in [1.29, 1.82) is 0 Å². The van der Waals surface area contributed by atoms with Crippen molar-refractivity contribution in [1.82, 2.24) is 0 Å². The Labute approximate surface area is 191 Å². The molecular formula is C26H36O6. The topological polar surface area (TPSA) is 55.4 Å². The van der Waals surface area contributed by atoms with Gasteiger partial charge in [0.1, 0.15) is 26.4 Å². The lowest BCUT2D eigenvalue weighted by Crippen LogP contribution is -2.24.